The van der Waals surface area contributed by atoms with Crippen LogP contribution in [0.1, 0.15) is 23.9 Å². The SMILES string of the molecule is COCC(c1c(C(F)(F)F)nc2scnn12)N1CCC([Se]c2ccccc2)C1=O. The molecule has 0 spiro atoms. The number of hydrogen-bond acceptors (Lipinski definition) is 5. The monoisotopic (exact) mass is 490 g/mol. The van der Waals surface area contributed by atoms with Gasteiger partial charge in [-0.1, -0.05) is 0 Å². The molecule has 1 aliphatic heterocycles. The molecule has 0 bridgehead atoms. The van der Waals surface area contributed by atoms with Crippen LogP contribution in [-0.4, -0.2) is 60.6 Å². The standard InChI is InChI=1S/C18H17F3N4O2SSe/c1-27-9-12(14-15(18(19,20)21)23-17-25(14)22-10-28-17)24-8-7-13(16(24)26)29-11-5-3-2-4-6-11/h2-6,10,12-13H,7-9H2,1H3. The number of rotatable bonds is 6. The van der Waals surface area contributed by atoms with Gasteiger partial charge in [0.05, 0.1) is 0 Å². The van der Waals surface area contributed by atoms with Crippen LogP contribution in [0.25, 0.3) is 4.96 Å². The Bertz CT molecular complexity index is 1010. The van der Waals surface area contributed by atoms with Gasteiger partial charge in [-0.05, 0) is 0 Å². The summed E-state index contributed by atoms with van der Waals surface area (Å²) in [7, 11) is 1.41. The minimum atomic E-state index is -4.65. The summed E-state index contributed by atoms with van der Waals surface area (Å²) >= 11 is 0.927. The van der Waals surface area contributed by atoms with Gasteiger partial charge < -0.3 is 0 Å². The first-order valence-corrected chi connectivity index (χ1v) is 11.5. The van der Waals surface area contributed by atoms with Gasteiger partial charge in [0.2, 0.25) is 0 Å². The van der Waals surface area contributed by atoms with Crippen LogP contribution in [0.5, 0.6) is 0 Å². The molecular formula is C18H17F3N4O2SSe. The maximum atomic E-state index is 13.7. The van der Waals surface area contributed by atoms with Gasteiger partial charge in [-0.25, -0.2) is 0 Å². The molecule has 0 N–H and O–H groups in total. The number of methoxy groups -OCH3 is 1. The number of aromatic nitrogens is 3. The van der Waals surface area contributed by atoms with E-state index in [4.69, 9.17) is 4.74 Å². The van der Waals surface area contributed by atoms with Gasteiger partial charge in [0, 0.05) is 0 Å². The molecule has 0 radical (unpaired) electrons. The summed E-state index contributed by atoms with van der Waals surface area (Å²) in [4.78, 5) is 18.3. The Morgan fingerprint density at radius 1 is 1.34 bits per heavy atom. The van der Waals surface area contributed by atoms with E-state index in [1.54, 1.807) is 0 Å². The van der Waals surface area contributed by atoms with E-state index in [1.165, 1.54) is 22.0 Å². The van der Waals surface area contributed by atoms with Crippen molar-refractivity contribution >= 4 is 41.6 Å². The summed E-state index contributed by atoms with van der Waals surface area (Å²) in [6.07, 6.45) is -4.04. The Morgan fingerprint density at radius 3 is 2.79 bits per heavy atom. The molecule has 6 nitrogen and oxygen atoms in total. The van der Waals surface area contributed by atoms with E-state index in [2.05, 4.69) is 10.1 Å². The summed E-state index contributed by atoms with van der Waals surface area (Å²) in [6, 6.07) is 8.79. The van der Waals surface area contributed by atoms with Crippen molar-refractivity contribution in [1.82, 2.24) is 19.5 Å². The fourth-order valence-electron chi connectivity index (χ4n) is 3.45. The number of hydrogen-bond donors (Lipinski definition) is 0. The number of amides is 1. The molecule has 29 heavy (non-hydrogen) atoms. The maximum absolute atomic E-state index is 13.7. The molecule has 3 aromatic rings. The Hall–Kier alpha value is -1.94. The average molecular weight is 489 g/mol. The number of carbonyl (C=O) groups excluding carboxylic acids is 1. The summed E-state index contributed by atoms with van der Waals surface area (Å²) < 4.78 is 48.5. The molecular weight excluding hydrogens is 472 g/mol. The number of imidazole rings is 1. The Balaban J connectivity index is 1.68. The van der Waals surface area contributed by atoms with Crippen molar-refractivity contribution < 1.29 is 22.7 Å². The molecule has 1 fully saturated rings. The van der Waals surface area contributed by atoms with Gasteiger partial charge in [0.15, 0.2) is 0 Å². The van der Waals surface area contributed by atoms with Gasteiger partial charge in [-0.2, -0.15) is 0 Å². The van der Waals surface area contributed by atoms with Crippen LogP contribution in [-0.2, 0) is 15.7 Å². The second-order valence-electron chi connectivity index (χ2n) is 6.49. The second kappa shape index (κ2) is 8.06. The van der Waals surface area contributed by atoms with Gasteiger partial charge in [0.1, 0.15) is 0 Å². The average Bonchev–Trinajstić information content (AvgIpc) is 3.36. The van der Waals surface area contributed by atoms with Gasteiger partial charge >= 0.3 is 175 Å². The van der Waals surface area contributed by atoms with Crippen molar-refractivity contribution in [2.75, 3.05) is 20.3 Å². The summed E-state index contributed by atoms with van der Waals surface area (Å²) in [5.74, 6) is -0.144. The summed E-state index contributed by atoms with van der Waals surface area (Å²) in [5.41, 5.74) is 0.281. The molecule has 3 heterocycles. The van der Waals surface area contributed by atoms with E-state index in [9.17, 15) is 18.0 Å². The first-order valence-electron chi connectivity index (χ1n) is 8.80. The zero-order chi connectivity index (χ0) is 20.6. The molecule has 1 amide bonds. The quantitative estimate of drug-likeness (QED) is 0.500. The Morgan fingerprint density at radius 2 is 2.10 bits per heavy atom. The molecule has 2 atom stereocenters. The normalized spacial score (nSPS) is 18.7. The molecule has 11 heteroatoms. The zero-order valence-electron chi connectivity index (χ0n) is 15.3. The van der Waals surface area contributed by atoms with Crippen LogP contribution in [0.4, 0.5) is 13.2 Å². The predicted octanol–water partition coefficient (Wildman–Crippen LogP) is 2.55. The fraction of sp³-hybridized carbons (Fsp3) is 0.389. The third-order valence-electron chi connectivity index (χ3n) is 4.68. The molecule has 0 aliphatic carbocycles. The van der Waals surface area contributed by atoms with Crippen LogP contribution in [0.2, 0.25) is 4.82 Å². The van der Waals surface area contributed by atoms with Crippen LogP contribution < -0.4 is 4.46 Å². The minimum absolute atomic E-state index is 0.0643. The van der Waals surface area contributed by atoms with Gasteiger partial charge in [-0.15, -0.1) is 0 Å². The first-order chi connectivity index (χ1) is 13.9. The van der Waals surface area contributed by atoms with Crippen LogP contribution in [0, 0.1) is 0 Å². The van der Waals surface area contributed by atoms with Crippen molar-refractivity contribution in [2.45, 2.75) is 23.5 Å². The third-order valence-corrected chi connectivity index (χ3v) is 8.01. The molecule has 2 aromatic heterocycles. The van der Waals surface area contributed by atoms with E-state index in [0.29, 0.717) is 13.0 Å². The van der Waals surface area contributed by atoms with Crippen molar-refractivity contribution in [3.05, 3.63) is 47.2 Å². The number of fused-ring (bicyclic) bond motifs is 1. The van der Waals surface area contributed by atoms with Crippen molar-refractivity contribution in [3.8, 4) is 0 Å². The second-order valence-corrected chi connectivity index (χ2v) is 9.98. The molecule has 1 aromatic carbocycles. The molecule has 1 aliphatic rings. The topological polar surface area (TPSA) is 59.7 Å². The van der Waals surface area contributed by atoms with E-state index < -0.39 is 17.9 Å². The van der Waals surface area contributed by atoms with Crippen molar-refractivity contribution in [3.63, 3.8) is 0 Å². The van der Waals surface area contributed by atoms with Gasteiger partial charge in [0.25, 0.3) is 0 Å². The number of benzene rings is 1. The van der Waals surface area contributed by atoms with Gasteiger partial charge in [-0.3, -0.25) is 0 Å². The molecule has 154 valence electrons. The van der Waals surface area contributed by atoms with Crippen LogP contribution in [0.15, 0.2) is 35.8 Å². The number of likely N-dealkylation sites (tertiary alicyclic amines) is 1. The van der Waals surface area contributed by atoms with Crippen LogP contribution >= 0.6 is 11.3 Å². The molecule has 1 saturated heterocycles. The first kappa shape index (κ1) is 20.3. The predicted molar refractivity (Wildman–Crippen MR) is 102 cm³/mol. The Labute approximate surface area is 174 Å². The van der Waals surface area contributed by atoms with E-state index >= 15 is 0 Å². The number of ether oxygens (including phenoxy) is 1. The third kappa shape index (κ3) is 3.92. The van der Waals surface area contributed by atoms with Crippen molar-refractivity contribution in [2.24, 2.45) is 0 Å². The van der Waals surface area contributed by atoms with Crippen molar-refractivity contribution in [1.29, 1.82) is 0 Å². The van der Waals surface area contributed by atoms with E-state index in [0.717, 1.165) is 15.8 Å². The van der Waals surface area contributed by atoms with E-state index in [1.807, 2.05) is 30.3 Å². The number of nitrogens with zero attached hydrogens (tertiary/aromatic N) is 4. The van der Waals surface area contributed by atoms with E-state index in [-0.39, 0.29) is 42.9 Å². The molecule has 4 rings (SSSR count). The molecule has 0 saturated carbocycles. The van der Waals surface area contributed by atoms with Crippen LogP contribution in [0.3, 0.4) is 0 Å². The molecule has 2 unspecified atom stereocenters. The zero-order valence-corrected chi connectivity index (χ0v) is 17.8. The number of alkyl halides is 3. The fourth-order valence-corrected chi connectivity index (χ4v) is 6.39. The summed E-state index contributed by atoms with van der Waals surface area (Å²) in [6.45, 7) is 0.311. The number of halogens is 3. The Kier molecular flexibility index (Phi) is 5.65. The summed E-state index contributed by atoms with van der Waals surface area (Å²) in [5, 5.41) is 4.02. The number of carbonyl (C=O) groups is 1.